The monoisotopic (exact) mass is 262 g/mol. The van der Waals surface area contributed by atoms with Crippen molar-refractivity contribution in [2.24, 2.45) is 16.7 Å². The third kappa shape index (κ3) is 2.29. The van der Waals surface area contributed by atoms with Gasteiger partial charge in [0.2, 0.25) is 0 Å². The first-order valence-electron chi connectivity index (χ1n) is 6.58. The fourth-order valence-electron chi connectivity index (χ4n) is 2.72. The lowest BCUT2D eigenvalue weighted by Gasteiger charge is -2.06. The Hall–Kier alpha value is -1.65. The number of hydrogen-bond acceptors (Lipinski definition) is 4. The Balaban J connectivity index is 1.96. The SMILES string of the molecule is CNc1cncc(C(=O)NCC2C(C)(C)C2(C)C)n1. The minimum absolute atomic E-state index is 0.164. The summed E-state index contributed by atoms with van der Waals surface area (Å²) < 4.78 is 0. The van der Waals surface area contributed by atoms with Crippen molar-refractivity contribution in [2.75, 3.05) is 18.9 Å². The largest absolute Gasteiger partial charge is 0.372 e. The Morgan fingerprint density at radius 2 is 1.89 bits per heavy atom. The van der Waals surface area contributed by atoms with Gasteiger partial charge in [-0.25, -0.2) is 4.98 Å². The van der Waals surface area contributed by atoms with E-state index in [1.165, 1.54) is 6.20 Å². The molecule has 0 atom stereocenters. The van der Waals surface area contributed by atoms with E-state index in [0.29, 0.717) is 24.0 Å². The van der Waals surface area contributed by atoms with Crippen molar-refractivity contribution < 1.29 is 4.79 Å². The molecule has 0 aromatic carbocycles. The number of carbonyl (C=O) groups is 1. The fourth-order valence-corrected chi connectivity index (χ4v) is 2.72. The summed E-state index contributed by atoms with van der Waals surface area (Å²) in [4.78, 5) is 20.2. The van der Waals surface area contributed by atoms with Crippen LogP contribution in [0.1, 0.15) is 38.2 Å². The molecule has 19 heavy (non-hydrogen) atoms. The maximum atomic E-state index is 12.0. The second-order valence-corrected chi connectivity index (χ2v) is 6.25. The van der Waals surface area contributed by atoms with Gasteiger partial charge >= 0.3 is 0 Å². The van der Waals surface area contributed by atoms with E-state index in [1.54, 1.807) is 13.2 Å². The van der Waals surface area contributed by atoms with Crippen LogP contribution in [0.3, 0.4) is 0 Å². The van der Waals surface area contributed by atoms with Gasteiger partial charge in [0.15, 0.2) is 0 Å². The van der Waals surface area contributed by atoms with Crippen molar-refractivity contribution in [2.45, 2.75) is 27.7 Å². The second-order valence-electron chi connectivity index (χ2n) is 6.25. The van der Waals surface area contributed by atoms with E-state index < -0.39 is 0 Å². The van der Waals surface area contributed by atoms with Crippen LogP contribution in [-0.4, -0.2) is 29.5 Å². The van der Waals surface area contributed by atoms with Crippen LogP contribution in [0.5, 0.6) is 0 Å². The summed E-state index contributed by atoms with van der Waals surface area (Å²) in [5.41, 5.74) is 0.903. The lowest BCUT2D eigenvalue weighted by Crippen LogP contribution is -2.28. The lowest BCUT2D eigenvalue weighted by atomic mass is 10.0. The van der Waals surface area contributed by atoms with Crippen molar-refractivity contribution in [3.8, 4) is 0 Å². The molecule has 104 valence electrons. The van der Waals surface area contributed by atoms with Crippen molar-refractivity contribution in [1.29, 1.82) is 0 Å². The molecule has 0 bridgehead atoms. The van der Waals surface area contributed by atoms with Crippen molar-refractivity contribution in [3.63, 3.8) is 0 Å². The molecule has 1 heterocycles. The summed E-state index contributed by atoms with van der Waals surface area (Å²) in [5.74, 6) is 0.937. The molecule has 0 aliphatic heterocycles. The molecule has 1 aromatic rings. The molecule has 2 N–H and O–H groups in total. The molecule has 1 amide bonds. The standard InChI is InChI=1S/C14H22N4O/c1-13(2)10(14(13,3)4)7-17-12(19)9-6-16-8-11(15-5)18-9/h6,8,10H,7H2,1-5H3,(H,15,18)(H,17,19). The van der Waals surface area contributed by atoms with Crippen LogP contribution in [0.2, 0.25) is 0 Å². The number of rotatable bonds is 4. The predicted molar refractivity (Wildman–Crippen MR) is 75.0 cm³/mol. The molecule has 1 aliphatic carbocycles. The summed E-state index contributed by atoms with van der Waals surface area (Å²) in [6.45, 7) is 9.65. The van der Waals surface area contributed by atoms with Crippen LogP contribution in [-0.2, 0) is 0 Å². The zero-order chi connectivity index (χ0) is 14.3. The molecule has 0 radical (unpaired) electrons. The minimum Gasteiger partial charge on any atom is -0.372 e. The zero-order valence-electron chi connectivity index (χ0n) is 12.2. The maximum absolute atomic E-state index is 12.0. The molecule has 1 saturated carbocycles. The molecular formula is C14H22N4O. The smallest absolute Gasteiger partial charge is 0.271 e. The first-order chi connectivity index (χ1) is 8.80. The Kier molecular flexibility index (Phi) is 3.24. The van der Waals surface area contributed by atoms with Crippen molar-refractivity contribution >= 4 is 11.7 Å². The average Bonchev–Trinajstić information content (AvgIpc) is 2.77. The van der Waals surface area contributed by atoms with Crippen LogP contribution in [0, 0.1) is 16.7 Å². The Morgan fingerprint density at radius 3 is 2.42 bits per heavy atom. The second kappa shape index (κ2) is 4.47. The van der Waals surface area contributed by atoms with Gasteiger partial charge in [-0.2, -0.15) is 0 Å². The molecule has 0 spiro atoms. The number of carbonyl (C=O) groups excluding carboxylic acids is 1. The van der Waals surface area contributed by atoms with Crippen LogP contribution in [0.4, 0.5) is 5.82 Å². The average molecular weight is 262 g/mol. The van der Waals surface area contributed by atoms with Gasteiger partial charge in [-0.15, -0.1) is 0 Å². The van der Waals surface area contributed by atoms with Gasteiger partial charge in [0.25, 0.3) is 5.91 Å². The number of hydrogen-bond donors (Lipinski definition) is 2. The van der Waals surface area contributed by atoms with Gasteiger partial charge in [-0.05, 0) is 16.7 Å². The number of nitrogens with one attached hydrogen (secondary N) is 2. The van der Waals surface area contributed by atoms with Crippen LogP contribution < -0.4 is 10.6 Å². The van der Waals surface area contributed by atoms with E-state index in [1.807, 2.05) is 0 Å². The summed E-state index contributed by atoms with van der Waals surface area (Å²) in [6, 6.07) is 0. The Labute approximate surface area is 114 Å². The van der Waals surface area contributed by atoms with Gasteiger partial charge in [0.05, 0.1) is 12.4 Å². The highest BCUT2D eigenvalue weighted by atomic mass is 16.1. The van der Waals surface area contributed by atoms with Crippen LogP contribution in [0.25, 0.3) is 0 Å². The predicted octanol–water partition coefficient (Wildman–Crippen LogP) is 1.93. The van der Waals surface area contributed by atoms with Crippen molar-refractivity contribution in [3.05, 3.63) is 18.1 Å². The molecule has 5 heteroatoms. The van der Waals surface area contributed by atoms with Gasteiger partial charge in [0.1, 0.15) is 11.5 Å². The normalized spacial score (nSPS) is 19.8. The highest BCUT2D eigenvalue weighted by Gasteiger charge is 2.64. The third-order valence-corrected chi connectivity index (χ3v) is 4.91. The summed E-state index contributed by atoms with van der Waals surface area (Å²) in [6.07, 6.45) is 3.07. The molecule has 1 fully saturated rings. The fraction of sp³-hybridized carbons (Fsp3) is 0.643. The Bertz CT molecular complexity index is 482. The highest BCUT2D eigenvalue weighted by Crippen LogP contribution is 2.67. The van der Waals surface area contributed by atoms with Crippen molar-refractivity contribution in [1.82, 2.24) is 15.3 Å². The summed E-state index contributed by atoms with van der Waals surface area (Å²) in [7, 11) is 1.75. The molecule has 1 aromatic heterocycles. The maximum Gasteiger partial charge on any atom is 0.271 e. The number of anilines is 1. The van der Waals surface area contributed by atoms with E-state index in [-0.39, 0.29) is 16.7 Å². The van der Waals surface area contributed by atoms with Gasteiger partial charge in [-0.1, -0.05) is 27.7 Å². The third-order valence-electron chi connectivity index (χ3n) is 4.91. The van der Waals surface area contributed by atoms with E-state index >= 15 is 0 Å². The molecule has 0 saturated heterocycles. The number of nitrogens with zero attached hydrogens (tertiary/aromatic N) is 2. The minimum atomic E-state index is -0.164. The lowest BCUT2D eigenvalue weighted by molar-refractivity contribution is 0.0944. The van der Waals surface area contributed by atoms with E-state index in [9.17, 15) is 4.79 Å². The van der Waals surface area contributed by atoms with E-state index in [0.717, 1.165) is 0 Å². The zero-order valence-corrected chi connectivity index (χ0v) is 12.2. The van der Waals surface area contributed by atoms with E-state index in [4.69, 9.17) is 0 Å². The Morgan fingerprint density at radius 1 is 1.26 bits per heavy atom. The van der Waals surface area contributed by atoms with Crippen LogP contribution >= 0.6 is 0 Å². The molecule has 2 rings (SSSR count). The summed E-state index contributed by atoms with van der Waals surface area (Å²) in [5, 5.41) is 5.83. The quantitative estimate of drug-likeness (QED) is 0.870. The molecule has 1 aliphatic rings. The van der Waals surface area contributed by atoms with E-state index in [2.05, 4.69) is 48.3 Å². The molecule has 5 nitrogen and oxygen atoms in total. The highest BCUT2D eigenvalue weighted by molar-refractivity contribution is 5.92. The number of aromatic nitrogens is 2. The van der Waals surface area contributed by atoms with Gasteiger partial charge in [-0.3, -0.25) is 9.78 Å². The van der Waals surface area contributed by atoms with Crippen LogP contribution in [0.15, 0.2) is 12.4 Å². The molecule has 0 unspecified atom stereocenters. The van der Waals surface area contributed by atoms with Gasteiger partial charge < -0.3 is 10.6 Å². The van der Waals surface area contributed by atoms with Gasteiger partial charge in [0, 0.05) is 13.6 Å². The molecular weight excluding hydrogens is 240 g/mol. The number of amides is 1. The summed E-state index contributed by atoms with van der Waals surface area (Å²) >= 11 is 0. The first kappa shape index (κ1) is 13.8. The topological polar surface area (TPSA) is 66.9 Å². The first-order valence-corrected chi connectivity index (χ1v) is 6.58.